The number of hydrogen-bond acceptors (Lipinski definition) is 3. The van der Waals surface area contributed by atoms with Gasteiger partial charge in [0, 0.05) is 18.0 Å². The third-order valence-electron chi connectivity index (χ3n) is 7.80. The predicted molar refractivity (Wildman–Crippen MR) is 149 cm³/mol. The van der Waals surface area contributed by atoms with E-state index in [-0.39, 0.29) is 0 Å². The number of benzene rings is 1. The second-order valence-corrected chi connectivity index (χ2v) is 10.9. The van der Waals surface area contributed by atoms with Gasteiger partial charge in [-0.25, -0.2) is 9.97 Å². The Morgan fingerprint density at radius 2 is 1.26 bits per heavy atom. The zero-order valence-corrected chi connectivity index (χ0v) is 22.6. The highest BCUT2D eigenvalue weighted by Gasteiger charge is 2.21. The van der Waals surface area contributed by atoms with Crippen LogP contribution in [0.5, 0.6) is 5.75 Å². The van der Waals surface area contributed by atoms with Crippen LogP contribution < -0.4 is 4.74 Å². The fourth-order valence-electron chi connectivity index (χ4n) is 5.38. The number of hydrogen-bond donors (Lipinski definition) is 0. The lowest BCUT2D eigenvalue weighted by atomic mass is 9.80. The molecule has 0 unspecified atom stereocenters. The molecule has 0 saturated heterocycles. The van der Waals surface area contributed by atoms with Crippen LogP contribution in [0.25, 0.3) is 11.4 Å². The van der Waals surface area contributed by atoms with E-state index >= 15 is 0 Å². The second-order valence-electron chi connectivity index (χ2n) is 10.9. The molecule has 194 valence electrons. The molecule has 35 heavy (non-hydrogen) atoms. The highest BCUT2D eigenvalue weighted by atomic mass is 16.5. The summed E-state index contributed by atoms with van der Waals surface area (Å²) in [6.07, 6.45) is 27.0. The lowest BCUT2D eigenvalue weighted by molar-refractivity contribution is 0.177. The van der Waals surface area contributed by atoms with Crippen LogP contribution >= 0.6 is 0 Å². The van der Waals surface area contributed by atoms with Crippen LogP contribution in [-0.4, -0.2) is 16.6 Å². The van der Waals surface area contributed by atoms with Gasteiger partial charge in [0.1, 0.15) is 5.75 Å². The first-order valence-electron chi connectivity index (χ1n) is 14.8. The lowest BCUT2D eigenvalue weighted by Crippen LogP contribution is -2.20. The standard InChI is InChI=1S/C32H50N2O/c1-3-5-7-9-11-13-15-29-24-33-32(34-25-29)30-20-22-31(23-21-30)35-26-28-18-16-27(17-19-28)14-12-10-8-6-4-2/h20-25,27-28H,3-19,26H2,1-2H3. The Balaban J connectivity index is 1.32. The van der Waals surface area contributed by atoms with Crippen molar-refractivity contribution in [1.82, 2.24) is 9.97 Å². The molecule has 0 aliphatic heterocycles. The number of nitrogens with zero attached hydrogens (tertiary/aromatic N) is 2. The maximum absolute atomic E-state index is 6.15. The van der Waals surface area contributed by atoms with Crippen molar-refractivity contribution in [3.05, 3.63) is 42.2 Å². The SMILES string of the molecule is CCCCCCCCc1cnc(-c2ccc(OCC3CCC(CCCCCCC)CC3)cc2)nc1. The predicted octanol–water partition coefficient (Wildman–Crippen LogP) is 9.59. The van der Waals surface area contributed by atoms with E-state index in [1.165, 1.54) is 108 Å². The summed E-state index contributed by atoms with van der Waals surface area (Å²) in [5.74, 6) is 3.45. The van der Waals surface area contributed by atoms with E-state index in [0.717, 1.165) is 36.1 Å². The van der Waals surface area contributed by atoms with Crippen LogP contribution in [-0.2, 0) is 6.42 Å². The van der Waals surface area contributed by atoms with Crippen LogP contribution in [0.1, 0.15) is 122 Å². The van der Waals surface area contributed by atoms with E-state index in [2.05, 4.69) is 48.1 Å². The van der Waals surface area contributed by atoms with Crippen molar-refractivity contribution in [3.63, 3.8) is 0 Å². The molecular weight excluding hydrogens is 428 g/mol. The van der Waals surface area contributed by atoms with Crippen molar-refractivity contribution in [2.24, 2.45) is 11.8 Å². The summed E-state index contributed by atoms with van der Waals surface area (Å²) in [6.45, 7) is 5.41. The molecule has 0 radical (unpaired) electrons. The summed E-state index contributed by atoms with van der Waals surface area (Å²) < 4.78 is 6.15. The van der Waals surface area contributed by atoms with Gasteiger partial charge in [0.2, 0.25) is 0 Å². The van der Waals surface area contributed by atoms with E-state index < -0.39 is 0 Å². The zero-order chi connectivity index (χ0) is 24.6. The van der Waals surface area contributed by atoms with Crippen molar-refractivity contribution in [3.8, 4) is 17.1 Å². The van der Waals surface area contributed by atoms with Gasteiger partial charge in [0.25, 0.3) is 0 Å². The zero-order valence-electron chi connectivity index (χ0n) is 22.6. The monoisotopic (exact) mass is 478 g/mol. The minimum atomic E-state index is 0.716. The highest BCUT2D eigenvalue weighted by molar-refractivity contribution is 5.55. The van der Waals surface area contributed by atoms with E-state index in [0.29, 0.717) is 5.92 Å². The van der Waals surface area contributed by atoms with Gasteiger partial charge in [-0.3, -0.25) is 0 Å². The summed E-state index contributed by atoms with van der Waals surface area (Å²) in [6, 6.07) is 8.33. The average Bonchev–Trinajstić information content (AvgIpc) is 2.91. The summed E-state index contributed by atoms with van der Waals surface area (Å²) in [5.41, 5.74) is 2.30. The molecule has 3 nitrogen and oxygen atoms in total. The molecule has 1 heterocycles. The van der Waals surface area contributed by atoms with Gasteiger partial charge in [-0.1, -0.05) is 97.3 Å². The Bertz CT molecular complexity index is 778. The first kappa shape index (κ1) is 27.7. The maximum Gasteiger partial charge on any atom is 0.159 e. The third-order valence-corrected chi connectivity index (χ3v) is 7.80. The van der Waals surface area contributed by atoms with Gasteiger partial charge in [-0.2, -0.15) is 0 Å². The molecule has 2 aromatic rings. The molecule has 1 aromatic heterocycles. The number of aromatic nitrogens is 2. The van der Waals surface area contributed by atoms with Gasteiger partial charge in [-0.15, -0.1) is 0 Å². The molecule has 0 spiro atoms. The van der Waals surface area contributed by atoms with Crippen LogP contribution in [0.3, 0.4) is 0 Å². The Kier molecular flexibility index (Phi) is 13.2. The van der Waals surface area contributed by atoms with Crippen molar-refractivity contribution in [1.29, 1.82) is 0 Å². The molecule has 0 bridgehead atoms. The minimum absolute atomic E-state index is 0.716. The summed E-state index contributed by atoms with van der Waals surface area (Å²) in [4.78, 5) is 9.23. The van der Waals surface area contributed by atoms with Crippen molar-refractivity contribution in [2.45, 2.75) is 123 Å². The topological polar surface area (TPSA) is 35.0 Å². The quantitative estimate of drug-likeness (QED) is 0.212. The molecule has 1 saturated carbocycles. The summed E-state index contributed by atoms with van der Waals surface area (Å²) in [7, 11) is 0. The van der Waals surface area contributed by atoms with E-state index in [4.69, 9.17) is 4.74 Å². The number of aryl methyl sites for hydroxylation is 1. The molecule has 1 aliphatic carbocycles. The number of rotatable bonds is 17. The number of unbranched alkanes of at least 4 members (excludes halogenated alkanes) is 9. The smallest absolute Gasteiger partial charge is 0.159 e. The van der Waals surface area contributed by atoms with E-state index in [1.807, 2.05) is 12.4 Å². The van der Waals surface area contributed by atoms with Crippen LogP contribution in [0.15, 0.2) is 36.7 Å². The van der Waals surface area contributed by atoms with Gasteiger partial charge in [0.05, 0.1) is 6.61 Å². The third kappa shape index (κ3) is 10.7. The Morgan fingerprint density at radius 1 is 0.686 bits per heavy atom. The largest absolute Gasteiger partial charge is 0.493 e. The van der Waals surface area contributed by atoms with Gasteiger partial charge in [0.15, 0.2) is 5.82 Å². The van der Waals surface area contributed by atoms with Crippen LogP contribution in [0.2, 0.25) is 0 Å². The van der Waals surface area contributed by atoms with E-state index in [1.54, 1.807) is 0 Å². The molecule has 0 amide bonds. The second kappa shape index (κ2) is 16.7. The molecule has 3 rings (SSSR count). The fourth-order valence-corrected chi connectivity index (χ4v) is 5.38. The van der Waals surface area contributed by atoms with Gasteiger partial charge in [-0.05, 0) is 67.3 Å². The minimum Gasteiger partial charge on any atom is -0.493 e. The molecule has 1 aliphatic rings. The first-order chi connectivity index (χ1) is 17.3. The summed E-state index contributed by atoms with van der Waals surface area (Å²) in [5, 5.41) is 0. The average molecular weight is 479 g/mol. The highest BCUT2D eigenvalue weighted by Crippen LogP contribution is 2.32. The van der Waals surface area contributed by atoms with Gasteiger partial charge >= 0.3 is 0 Å². The Labute approximate surface area is 215 Å². The summed E-state index contributed by atoms with van der Waals surface area (Å²) >= 11 is 0. The molecule has 1 aromatic carbocycles. The van der Waals surface area contributed by atoms with Crippen molar-refractivity contribution < 1.29 is 4.74 Å². The first-order valence-corrected chi connectivity index (χ1v) is 14.8. The fraction of sp³-hybridized carbons (Fsp3) is 0.688. The maximum atomic E-state index is 6.15. The van der Waals surface area contributed by atoms with Gasteiger partial charge < -0.3 is 4.74 Å². The number of ether oxygens (including phenoxy) is 1. The lowest BCUT2D eigenvalue weighted by Gasteiger charge is -2.28. The molecule has 1 fully saturated rings. The van der Waals surface area contributed by atoms with Crippen LogP contribution in [0.4, 0.5) is 0 Å². The molecule has 0 N–H and O–H groups in total. The molecule has 3 heteroatoms. The molecule has 0 atom stereocenters. The normalized spacial score (nSPS) is 18.0. The van der Waals surface area contributed by atoms with Crippen LogP contribution in [0, 0.1) is 11.8 Å². The Morgan fingerprint density at radius 3 is 1.91 bits per heavy atom. The molecular formula is C32H50N2O. The van der Waals surface area contributed by atoms with Crippen molar-refractivity contribution in [2.75, 3.05) is 6.61 Å². The Hall–Kier alpha value is -1.90. The van der Waals surface area contributed by atoms with Crippen molar-refractivity contribution >= 4 is 0 Å². The van der Waals surface area contributed by atoms with E-state index in [9.17, 15) is 0 Å².